The molecule has 0 aliphatic heterocycles. The molecule has 0 saturated heterocycles. The van der Waals surface area contributed by atoms with Crippen LogP contribution in [0.1, 0.15) is 23.6 Å². The van der Waals surface area contributed by atoms with Crippen molar-refractivity contribution in [3.63, 3.8) is 0 Å². The molecular weight excluding hydrogens is 439 g/mol. The van der Waals surface area contributed by atoms with Gasteiger partial charge in [0, 0.05) is 44.0 Å². The fourth-order valence-corrected chi connectivity index (χ4v) is 2.82. The molecule has 0 aliphatic rings. The predicted molar refractivity (Wildman–Crippen MR) is 102 cm³/mol. The number of hydrogen-bond acceptors (Lipinski definition) is 4. The number of ether oxygens (including phenoxy) is 2. The van der Waals surface area contributed by atoms with Gasteiger partial charge in [0.15, 0.2) is 5.82 Å². The third-order valence-electron chi connectivity index (χ3n) is 4.17. The Labute approximate surface area is 189 Å². The van der Waals surface area contributed by atoms with Crippen LogP contribution < -0.4 is 9.47 Å². The van der Waals surface area contributed by atoms with Crippen molar-refractivity contribution >= 4 is 11.6 Å². The number of methoxy groups -OCH3 is 1. The minimum absolute atomic E-state index is 0. The summed E-state index contributed by atoms with van der Waals surface area (Å²) >= 11 is 6.09. The molecule has 139 valence electrons. The van der Waals surface area contributed by atoms with E-state index in [2.05, 4.69) is 42.1 Å². The molecule has 0 aliphatic carbocycles. The number of aromatic nitrogens is 3. The molecule has 3 aromatic rings. The molecule has 0 saturated carbocycles. The van der Waals surface area contributed by atoms with Gasteiger partial charge in [0.2, 0.25) is 0 Å². The van der Waals surface area contributed by atoms with Gasteiger partial charge in [0.25, 0.3) is 0 Å². The Kier molecular flexibility index (Phi) is 7.83. The third kappa shape index (κ3) is 5.10. The SMILES string of the molecule is CCOc1nc(-c2ccc(C)c(C)c2)nn1Cc1cc(Cl)[c-]cc1OC.[Y]. The second kappa shape index (κ2) is 9.67. The van der Waals surface area contributed by atoms with E-state index in [1.54, 1.807) is 17.9 Å². The van der Waals surface area contributed by atoms with Gasteiger partial charge >= 0.3 is 6.01 Å². The van der Waals surface area contributed by atoms with Crippen molar-refractivity contribution in [2.24, 2.45) is 0 Å². The second-order valence-electron chi connectivity index (χ2n) is 5.98. The smallest absolute Gasteiger partial charge is 0.315 e. The van der Waals surface area contributed by atoms with Crippen LogP contribution >= 0.6 is 11.6 Å². The van der Waals surface area contributed by atoms with Gasteiger partial charge in [-0.05, 0) is 38.0 Å². The van der Waals surface area contributed by atoms with Crippen molar-refractivity contribution in [3.05, 3.63) is 58.1 Å². The molecule has 1 heterocycles. The first-order valence-corrected chi connectivity index (χ1v) is 8.79. The van der Waals surface area contributed by atoms with Crippen LogP contribution in [-0.2, 0) is 39.3 Å². The molecule has 0 spiro atoms. The number of nitrogens with zero attached hydrogens (tertiary/aromatic N) is 3. The van der Waals surface area contributed by atoms with Gasteiger partial charge in [0.1, 0.15) is 0 Å². The van der Waals surface area contributed by atoms with Gasteiger partial charge < -0.3 is 9.47 Å². The fourth-order valence-electron chi connectivity index (χ4n) is 2.64. The van der Waals surface area contributed by atoms with Crippen LogP contribution in [0.4, 0.5) is 0 Å². The number of aryl methyl sites for hydroxylation is 2. The predicted octanol–water partition coefficient (Wildman–Crippen LogP) is 4.47. The van der Waals surface area contributed by atoms with Crippen molar-refractivity contribution in [1.82, 2.24) is 14.8 Å². The van der Waals surface area contributed by atoms with E-state index in [0.29, 0.717) is 35.8 Å². The normalized spacial score (nSPS) is 10.4. The Morgan fingerprint density at radius 3 is 2.63 bits per heavy atom. The Morgan fingerprint density at radius 1 is 1.19 bits per heavy atom. The number of hydrogen-bond donors (Lipinski definition) is 0. The third-order valence-corrected chi connectivity index (χ3v) is 4.39. The van der Waals surface area contributed by atoms with E-state index in [1.807, 2.05) is 19.1 Å². The minimum Gasteiger partial charge on any atom is -0.554 e. The zero-order valence-corrected chi connectivity index (χ0v) is 19.5. The summed E-state index contributed by atoms with van der Waals surface area (Å²) in [6, 6.07) is 13.1. The molecule has 0 fully saturated rings. The Morgan fingerprint density at radius 2 is 1.96 bits per heavy atom. The number of benzene rings is 2. The summed E-state index contributed by atoms with van der Waals surface area (Å²) in [6.07, 6.45) is 0. The summed E-state index contributed by atoms with van der Waals surface area (Å²) in [4.78, 5) is 4.56. The summed E-state index contributed by atoms with van der Waals surface area (Å²) in [7, 11) is 1.62. The molecule has 7 heteroatoms. The van der Waals surface area contributed by atoms with Crippen LogP contribution in [0.3, 0.4) is 0 Å². The second-order valence-corrected chi connectivity index (χ2v) is 6.39. The van der Waals surface area contributed by atoms with E-state index in [0.717, 1.165) is 11.1 Å². The summed E-state index contributed by atoms with van der Waals surface area (Å²) in [5, 5.41) is 5.16. The van der Waals surface area contributed by atoms with Crippen LogP contribution in [0.5, 0.6) is 11.8 Å². The molecule has 0 N–H and O–H groups in total. The van der Waals surface area contributed by atoms with E-state index in [4.69, 9.17) is 21.1 Å². The van der Waals surface area contributed by atoms with Crippen LogP contribution in [0.25, 0.3) is 11.4 Å². The molecular formula is C20H21ClN3O2Y-. The summed E-state index contributed by atoms with van der Waals surface area (Å²) in [5.74, 6) is 1.32. The maximum Gasteiger partial charge on any atom is 0.315 e. The van der Waals surface area contributed by atoms with E-state index >= 15 is 0 Å². The fraction of sp³-hybridized carbons (Fsp3) is 0.300. The molecule has 0 amide bonds. The molecule has 1 aromatic heterocycles. The molecule has 3 rings (SSSR count). The maximum absolute atomic E-state index is 6.09. The number of halogens is 1. The van der Waals surface area contributed by atoms with Crippen LogP contribution in [0.2, 0.25) is 5.02 Å². The molecule has 27 heavy (non-hydrogen) atoms. The van der Waals surface area contributed by atoms with E-state index in [1.165, 1.54) is 11.1 Å². The van der Waals surface area contributed by atoms with Gasteiger partial charge in [-0.2, -0.15) is 11.1 Å². The van der Waals surface area contributed by atoms with Crippen molar-refractivity contribution in [2.75, 3.05) is 13.7 Å². The van der Waals surface area contributed by atoms with Crippen molar-refractivity contribution in [2.45, 2.75) is 27.3 Å². The molecule has 5 nitrogen and oxygen atoms in total. The quantitative estimate of drug-likeness (QED) is 0.510. The summed E-state index contributed by atoms with van der Waals surface area (Å²) in [5.41, 5.74) is 4.27. The first-order valence-electron chi connectivity index (χ1n) is 8.41. The zero-order valence-electron chi connectivity index (χ0n) is 15.9. The average molecular weight is 460 g/mol. The molecule has 2 aromatic carbocycles. The zero-order chi connectivity index (χ0) is 18.7. The maximum atomic E-state index is 6.09. The summed E-state index contributed by atoms with van der Waals surface area (Å²) in [6.45, 7) is 7.02. The van der Waals surface area contributed by atoms with E-state index < -0.39 is 0 Å². The van der Waals surface area contributed by atoms with Gasteiger partial charge in [-0.3, -0.25) is 0 Å². The van der Waals surface area contributed by atoms with Gasteiger partial charge in [-0.25, -0.2) is 4.68 Å². The molecule has 0 bridgehead atoms. The molecule has 1 radical (unpaired) electrons. The van der Waals surface area contributed by atoms with E-state index in [-0.39, 0.29) is 32.7 Å². The molecule has 0 atom stereocenters. The average Bonchev–Trinajstić information content (AvgIpc) is 3.01. The van der Waals surface area contributed by atoms with Crippen LogP contribution in [0, 0.1) is 19.9 Å². The van der Waals surface area contributed by atoms with Crippen molar-refractivity contribution < 1.29 is 42.2 Å². The van der Waals surface area contributed by atoms with Crippen molar-refractivity contribution in [3.8, 4) is 23.1 Å². The van der Waals surface area contributed by atoms with Crippen LogP contribution in [0.15, 0.2) is 30.3 Å². The topological polar surface area (TPSA) is 49.2 Å². The number of rotatable bonds is 6. The Bertz CT molecular complexity index is 928. The van der Waals surface area contributed by atoms with Gasteiger partial charge in [-0.1, -0.05) is 22.7 Å². The monoisotopic (exact) mass is 459 g/mol. The van der Waals surface area contributed by atoms with E-state index in [9.17, 15) is 0 Å². The van der Waals surface area contributed by atoms with Gasteiger partial charge in [-0.15, -0.1) is 28.8 Å². The first-order chi connectivity index (χ1) is 12.5. The largest absolute Gasteiger partial charge is 0.554 e. The molecule has 0 unspecified atom stereocenters. The Balaban J connectivity index is 0.00000261. The summed E-state index contributed by atoms with van der Waals surface area (Å²) < 4.78 is 12.8. The van der Waals surface area contributed by atoms with Gasteiger partial charge in [0.05, 0.1) is 20.3 Å². The Hall–Kier alpha value is -1.43. The minimum atomic E-state index is 0. The standard InChI is InChI=1S/C20H21ClN3O2.Y/c1-5-26-20-22-19(15-7-6-13(2)14(3)10-15)23-24(20)12-16-11-17(21)8-9-18(16)25-4;/h6-7,9-11H,5,12H2,1-4H3;/q-1;. The van der Waals surface area contributed by atoms with Crippen LogP contribution in [-0.4, -0.2) is 28.5 Å². The first kappa shape index (κ1) is 21.9. The van der Waals surface area contributed by atoms with Crippen molar-refractivity contribution in [1.29, 1.82) is 0 Å².